The van der Waals surface area contributed by atoms with Crippen molar-refractivity contribution in [3.05, 3.63) is 0 Å². The molecular weight excluding hydrogens is 74.1 g/mol. The summed E-state index contributed by atoms with van der Waals surface area (Å²) in [6.07, 6.45) is 2.64. The third-order valence-electron chi connectivity index (χ3n) is 1.22. The maximum atomic E-state index is 4.24. The van der Waals surface area contributed by atoms with Gasteiger partial charge in [-0.3, -0.25) is 0 Å². The van der Waals surface area contributed by atoms with Gasteiger partial charge in [-0.25, -0.2) is 5.32 Å². The van der Waals surface area contributed by atoms with E-state index in [1.54, 1.807) is 0 Å². The van der Waals surface area contributed by atoms with Crippen LogP contribution in [-0.2, 0) is 0 Å². The van der Waals surface area contributed by atoms with Crippen LogP contribution in [-0.4, -0.2) is 12.6 Å². The van der Waals surface area contributed by atoms with Crippen LogP contribution in [0.1, 0.15) is 19.8 Å². The van der Waals surface area contributed by atoms with Crippen molar-refractivity contribution in [2.24, 2.45) is 0 Å². The first-order valence-corrected chi connectivity index (χ1v) is 2.56. The van der Waals surface area contributed by atoms with E-state index in [1.165, 1.54) is 12.8 Å². The lowest BCUT2D eigenvalue weighted by atomic mass is 10.3. The van der Waals surface area contributed by atoms with Crippen LogP contribution < -0.4 is 5.32 Å². The Kier molecular flexibility index (Phi) is 1.10. The Balaban J connectivity index is 2.18. The Bertz CT molecular complexity index is 37.2. The van der Waals surface area contributed by atoms with Gasteiger partial charge in [0.05, 0.1) is 0 Å². The van der Waals surface area contributed by atoms with E-state index >= 15 is 0 Å². The summed E-state index contributed by atoms with van der Waals surface area (Å²) in [5.41, 5.74) is 0. The molecule has 1 heteroatoms. The summed E-state index contributed by atoms with van der Waals surface area (Å²) in [5, 5.41) is 4.24. The predicted octanol–water partition coefficient (Wildman–Crippen LogP) is 0.773. The lowest BCUT2D eigenvalue weighted by molar-refractivity contribution is 0.652. The number of hydrogen-bond donors (Lipinski definition) is 0. The fourth-order valence-corrected chi connectivity index (χ4v) is 0.790. The molecule has 0 aromatic rings. The number of hydrogen-bond acceptors (Lipinski definition) is 0. The molecule has 1 saturated heterocycles. The highest BCUT2D eigenvalue weighted by Crippen LogP contribution is 2.03. The summed E-state index contributed by atoms with van der Waals surface area (Å²) < 4.78 is 0. The molecule has 0 aromatic carbocycles. The lowest BCUT2D eigenvalue weighted by Crippen LogP contribution is -2.07. The van der Waals surface area contributed by atoms with Crippen LogP contribution in [0.5, 0.6) is 0 Å². The van der Waals surface area contributed by atoms with Gasteiger partial charge in [0.15, 0.2) is 0 Å². The Morgan fingerprint density at radius 3 is 2.67 bits per heavy atom. The fourth-order valence-electron chi connectivity index (χ4n) is 0.790. The summed E-state index contributed by atoms with van der Waals surface area (Å²) in [7, 11) is 0. The first-order chi connectivity index (χ1) is 2.89. The normalized spacial score (nSPS) is 34.5. The van der Waals surface area contributed by atoms with E-state index in [0.29, 0.717) is 6.04 Å². The van der Waals surface area contributed by atoms with E-state index in [2.05, 4.69) is 12.2 Å². The second kappa shape index (κ2) is 1.61. The highest BCUT2D eigenvalue weighted by atomic mass is 14.9. The third kappa shape index (κ3) is 0.716. The zero-order valence-corrected chi connectivity index (χ0v) is 4.15. The summed E-state index contributed by atoms with van der Waals surface area (Å²) in [5.74, 6) is 0. The summed E-state index contributed by atoms with van der Waals surface area (Å²) >= 11 is 0. The molecule has 1 nitrogen and oxygen atoms in total. The van der Waals surface area contributed by atoms with E-state index in [1.807, 2.05) is 0 Å². The lowest BCUT2D eigenvalue weighted by Gasteiger charge is -1.92. The van der Waals surface area contributed by atoms with Gasteiger partial charge in [0.25, 0.3) is 0 Å². The van der Waals surface area contributed by atoms with Crippen molar-refractivity contribution >= 4 is 0 Å². The van der Waals surface area contributed by atoms with Crippen LogP contribution >= 0.6 is 0 Å². The van der Waals surface area contributed by atoms with E-state index in [4.69, 9.17) is 0 Å². The largest absolute Gasteiger partial charge is 0.239 e. The van der Waals surface area contributed by atoms with Crippen molar-refractivity contribution in [3.63, 3.8) is 0 Å². The molecule has 0 aromatic heterocycles. The Hall–Kier alpha value is -0.0400. The average molecular weight is 84.1 g/mol. The van der Waals surface area contributed by atoms with Crippen LogP contribution in [0.3, 0.4) is 0 Å². The van der Waals surface area contributed by atoms with E-state index < -0.39 is 0 Å². The Morgan fingerprint density at radius 2 is 2.50 bits per heavy atom. The molecule has 0 spiro atoms. The Morgan fingerprint density at radius 1 is 1.67 bits per heavy atom. The molecule has 6 heavy (non-hydrogen) atoms. The highest BCUT2D eigenvalue weighted by molar-refractivity contribution is 4.67. The van der Waals surface area contributed by atoms with Crippen molar-refractivity contribution in [2.75, 3.05) is 6.54 Å². The molecule has 1 aliphatic heterocycles. The van der Waals surface area contributed by atoms with Gasteiger partial charge < -0.3 is 0 Å². The van der Waals surface area contributed by atoms with Gasteiger partial charge in [-0.1, -0.05) is 0 Å². The topological polar surface area (TPSA) is 14.1 Å². The molecule has 0 bridgehead atoms. The van der Waals surface area contributed by atoms with Gasteiger partial charge in [-0.2, -0.15) is 0 Å². The van der Waals surface area contributed by atoms with E-state index in [0.717, 1.165) is 6.54 Å². The number of rotatable bonds is 0. The molecule has 0 amide bonds. The molecule has 0 saturated carbocycles. The molecule has 1 atom stereocenters. The monoisotopic (exact) mass is 84.1 g/mol. The van der Waals surface area contributed by atoms with Gasteiger partial charge in [0.2, 0.25) is 0 Å². The van der Waals surface area contributed by atoms with E-state index in [-0.39, 0.29) is 0 Å². The smallest absolute Gasteiger partial charge is 0.0218 e. The second-order valence-electron chi connectivity index (χ2n) is 1.90. The van der Waals surface area contributed by atoms with Crippen LogP contribution in [0, 0.1) is 0 Å². The second-order valence-corrected chi connectivity index (χ2v) is 1.90. The van der Waals surface area contributed by atoms with Crippen LogP contribution in [0.2, 0.25) is 0 Å². The molecule has 1 fully saturated rings. The first kappa shape index (κ1) is 4.13. The minimum absolute atomic E-state index is 0.671. The Labute approximate surface area is 38.7 Å². The average Bonchev–Trinajstić information content (AvgIpc) is 1.86. The molecule has 1 aliphatic rings. The van der Waals surface area contributed by atoms with Gasteiger partial charge in [0.1, 0.15) is 0 Å². The molecule has 0 N–H and O–H groups in total. The summed E-state index contributed by atoms with van der Waals surface area (Å²) in [6.45, 7) is 3.29. The third-order valence-corrected chi connectivity index (χ3v) is 1.22. The minimum Gasteiger partial charge on any atom is -0.239 e. The van der Waals surface area contributed by atoms with Crippen molar-refractivity contribution in [2.45, 2.75) is 25.8 Å². The maximum Gasteiger partial charge on any atom is 0.0218 e. The molecule has 1 heterocycles. The van der Waals surface area contributed by atoms with Gasteiger partial charge in [-0.05, 0) is 19.8 Å². The zero-order valence-electron chi connectivity index (χ0n) is 4.15. The van der Waals surface area contributed by atoms with E-state index in [9.17, 15) is 0 Å². The van der Waals surface area contributed by atoms with Gasteiger partial charge in [-0.15, -0.1) is 0 Å². The molecule has 0 aliphatic carbocycles. The highest BCUT2D eigenvalue weighted by Gasteiger charge is 2.07. The van der Waals surface area contributed by atoms with Crippen molar-refractivity contribution < 1.29 is 0 Å². The molecular formula is C5H10N. The van der Waals surface area contributed by atoms with Crippen LogP contribution in [0.4, 0.5) is 0 Å². The van der Waals surface area contributed by atoms with Crippen molar-refractivity contribution in [1.29, 1.82) is 0 Å². The molecule has 0 unspecified atom stereocenters. The molecule has 1 radical (unpaired) electrons. The van der Waals surface area contributed by atoms with Gasteiger partial charge in [0, 0.05) is 12.6 Å². The summed E-state index contributed by atoms with van der Waals surface area (Å²) in [4.78, 5) is 0. The summed E-state index contributed by atoms with van der Waals surface area (Å²) in [6, 6.07) is 0.671. The van der Waals surface area contributed by atoms with Crippen LogP contribution in [0.25, 0.3) is 0 Å². The first-order valence-electron chi connectivity index (χ1n) is 2.56. The predicted molar refractivity (Wildman–Crippen MR) is 25.7 cm³/mol. The van der Waals surface area contributed by atoms with Crippen molar-refractivity contribution in [1.82, 2.24) is 5.32 Å². The molecule has 35 valence electrons. The quantitative estimate of drug-likeness (QED) is 0.411. The van der Waals surface area contributed by atoms with Crippen molar-refractivity contribution in [3.8, 4) is 0 Å². The van der Waals surface area contributed by atoms with Crippen LogP contribution in [0.15, 0.2) is 0 Å². The maximum absolute atomic E-state index is 4.24. The van der Waals surface area contributed by atoms with Gasteiger partial charge >= 0.3 is 0 Å². The fraction of sp³-hybridized carbons (Fsp3) is 1.00. The standard InChI is InChI=1S/C5H10N/c1-5-3-2-4-6-5/h5H,2-4H2,1H3/t5-/m0/s1. The molecule has 1 rings (SSSR count). The minimum atomic E-state index is 0.671. The zero-order chi connectivity index (χ0) is 4.41. The number of nitrogens with zero attached hydrogens (tertiary/aromatic N) is 1. The SMILES string of the molecule is C[C@H]1CCC[N]1.